The molecule has 0 bridgehead atoms. The lowest BCUT2D eigenvalue weighted by Crippen LogP contribution is -2.13. The molecule has 2 aromatic carbocycles. The van der Waals surface area contributed by atoms with E-state index in [1.165, 1.54) is 5.56 Å². The highest BCUT2D eigenvalue weighted by Gasteiger charge is 2.08. The zero-order valence-corrected chi connectivity index (χ0v) is 14.3. The molecular formula is C19H25NO3. The number of rotatable bonds is 8. The summed E-state index contributed by atoms with van der Waals surface area (Å²) in [6, 6.07) is 14.1. The van der Waals surface area contributed by atoms with Gasteiger partial charge in [-0.15, -0.1) is 0 Å². The molecule has 0 aliphatic carbocycles. The summed E-state index contributed by atoms with van der Waals surface area (Å²) in [6.45, 7) is 5.54. The van der Waals surface area contributed by atoms with E-state index in [1.54, 1.807) is 14.2 Å². The van der Waals surface area contributed by atoms with Gasteiger partial charge in [-0.05, 0) is 37.6 Å². The van der Waals surface area contributed by atoms with Crippen molar-refractivity contribution < 1.29 is 14.2 Å². The highest BCUT2D eigenvalue weighted by molar-refractivity contribution is 5.46. The summed E-state index contributed by atoms with van der Waals surface area (Å²) in [4.78, 5) is 0. The Bertz CT molecular complexity index is 609. The number of hydrogen-bond acceptors (Lipinski definition) is 4. The number of hydrogen-bond donors (Lipinski definition) is 1. The monoisotopic (exact) mass is 315 g/mol. The van der Waals surface area contributed by atoms with Gasteiger partial charge < -0.3 is 19.5 Å². The minimum absolute atomic E-state index is 0.194. The maximum atomic E-state index is 5.65. The summed E-state index contributed by atoms with van der Waals surface area (Å²) in [5.74, 6) is 2.43. The zero-order valence-electron chi connectivity index (χ0n) is 14.3. The number of methoxy groups -OCH3 is 2. The maximum absolute atomic E-state index is 5.65. The van der Waals surface area contributed by atoms with Gasteiger partial charge in [0.05, 0.1) is 20.3 Å². The van der Waals surface area contributed by atoms with Crippen molar-refractivity contribution in [3.05, 3.63) is 53.6 Å². The number of benzene rings is 2. The second kappa shape index (κ2) is 8.44. The molecule has 0 aromatic heterocycles. The highest BCUT2D eigenvalue weighted by atomic mass is 16.5. The Hall–Kier alpha value is -2.20. The third-order valence-electron chi connectivity index (χ3n) is 3.42. The fourth-order valence-corrected chi connectivity index (χ4v) is 2.39. The van der Waals surface area contributed by atoms with Crippen LogP contribution in [-0.2, 0) is 13.1 Å². The van der Waals surface area contributed by atoms with Crippen molar-refractivity contribution in [2.75, 3.05) is 14.2 Å². The van der Waals surface area contributed by atoms with Gasteiger partial charge in [-0.25, -0.2) is 0 Å². The Morgan fingerprint density at radius 1 is 0.913 bits per heavy atom. The van der Waals surface area contributed by atoms with E-state index < -0.39 is 0 Å². The van der Waals surface area contributed by atoms with E-state index in [0.29, 0.717) is 6.54 Å². The lowest BCUT2D eigenvalue weighted by Gasteiger charge is -2.13. The van der Waals surface area contributed by atoms with Crippen LogP contribution in [0.15, 0.2) is 42.5 Å². The number of para-hydroxylation sites is 1. The van der Waals surface area contributed by atoms with E-state index in [9.17, 15) is 0 Å². The molecule has 2 rings (SSSR count). The molecule has 4 heteroatoms. The van der Waals surface area contributed by atoms with Crippen LogP contribution in [0.4, 0.5) is 0 Å². The number of ether oxygens (including phenoxy) is 3. The second-order valence-corrected chi connectivity index (χ2v) is 5.57. The standard InChI is InChI=1S/C19H25NO3/c1-14(2)23-17-10-8-15(9-11-17)12-20-13-16-6-5-7-18(21-3)19(16)22-4/h5-11,14,20H,12-13H2,1-4H3. The van der Waals surface area contributed by atoms with Crippen molar-refractivity contribution in [3.63, 3.8) is 0 Å². The van der Waals surface area contributed by atoms with Gasteiger partial charge in [0, 0.05) is 18.7 Å². The molecule has 0 atom stereocenters. The van der Waals surface area contributed by atoms with Crippen LogP contribution in [-0.4, -0.2) is 20.3 Å². The minimum Gasteiger partial charge on any atom is -0.493 e. The van der Waals surface area contributed by atoms with Gasteiger partial charge in [0.2, 0.25) is 0 Å². The van der Waals surface area contributed by atoms with Crippen molar-refractivity contribution in [1.29, 1.82) is 0 Å². The smallest absolute Gasteiger partial charge is 0.165 e. The van der Waals surface area contributed by atoms with E-state index >= 15 is 0 Å². The summed E-state index contributed by atoms with van der Waals surface area (Å²) < 4.78 is 16.4. The zero-order chi connectivity index (χ0) is 16.7. The average molecular weight is 315 g/mol. The first-order chi connectivity index (χ1) is 11.1. The first-order valence-electron chi connectivity index (χ1n) is 7.80. The molecule has 124 valence electrons. The molecule has 1 N–H and O–H groups in total. The van der Waals surface area contributed by atoms with E-state index in [2.05, 4.69) is 17.4 Å². The van der Waals surface area contributed by atoms with Gasteiger partial charge in [0.25, 0.3) is 0 Å². The van der Waals surface area contributed by atoms with E-state index in [1.807, 2.05) is 44.2 Å². The minimum atomic E-state index is 0.194. The van der Waals surface area contributed by atoms with Gasteiger partial charge in [-0.1, -0.05) is 24.3 Å². The summed E-state index contributed by atoms with van der Waals surface area (Å²) in [7, 11) is 3.31. The first-order valence-corrected chi connectivity index (χ1v) is 7.80. The van der Waals surface area contributed by atoms with Crippen molar-refractivity contribution >= 4 is 0 Å². The molecule has 0 fully saturated rings. The highest BCUT2D eigenvalue weighted by Crippen LogP contribution is 2.30. The van der Waals surface area contributed by atoms with Crippen LogP contribution in [0, 0.1) is 0 Å². The van der Waals surface area contributed by atoms with Crippen LogP contribution in [0.3, 0.4) is 0 Å². The molecule has 0 unspecified atom stereocenters. The lowest BCUT2D eigenvalue weighted by atomic mass is 10.1. The molecule has 4 nitrogen and oxygen atoms in total. The Morgan fingerprint density at radius 3 is 2.26 bits per heavy atom. The third-order valence-corrected chi connectivity index (χ3v) is 3.42. The predicted octanol–water partition coefficient (Wildman–Crippen LogP) is 3.78. The largest absolute Gasteiger partial charge is 0.493 e. The van der Waals surface area contributed by atoms with Crippen LogP contribution in [0.1, 0.15) is 25.0 Å². The van der Waals surface area contributed by atoms with Gasteiger partial charge in [-0.3, -0.25) is 0 Å². The molecule has 0 saturated heterocycles. The third kappa shape index (κ3) is 4.89. The van der Waals surface area contributed by atoms with Crippen molar-refractivity contribution in [2.24, 2.45) is 0 Å². The molecular weight excluding hydrogens is 290 g/mol. The number of nitrogens with one attached hydrogen (secondary N) is 1. The van der Waals surface area contributed by atoms with Crippen LogP contribution in [0.2, 0.25) is 0 Å². The molecule has 0 aliphatic heterocycles. The molecule has 2 aromatic rings. The summed E-state index contributed by atoms with van der Waals surface area (Å²) in [5, 5.41) is 3.43. The Labute approximate surface area is 138 Å². The van der Waals surface area contributed by atoms with Crippen LogP contribution in [0.5, 0.6) is 17.2 Å². The molecule has 0 amide bonds. The molecule has 0 spiro atoms. The predicted molar refractivity (Wildman–Crippen MR) is 92.3 cm³/mol. The molecule has 23 heavy (non-hydrogen) atoms. The lowest BCUT2D eigenvalue weighted by molar-refractivity contribution is 0.242. The van der Waals surface area contributed by atoms with Gasteiger partial charge in [0.1, 0.15) is 5.75 Å². The van der Waals surface area contributed by atoms with E-state index in [4.69, 9.17) is 14.2 Å². The first kappa shape index (κ1) is 17.2. The summed E-state index contributed by atoms with van der Waals surface area (Å²) >= 11 is 0. The van der Waals surface area contributed by atoms with Crippen molar-refractivity contribution in [3.8, 4) is 17.2 Å². The topological polar surface area (TPSA) is 39.7 Å². The molecule has 0 aliphatic rings. The quantitative estimate of drug-likeness (QED) is 0.805. The van der Waals surface area contributed by atoms with Crippen molar-refractivity contribution in [2.45, 2.75) is 33.0 Å². The summed E-state index contributed by atoms with van der Waals surface area (Å²) in [5.41, 5.74) is 2.29. The summed E-state index contributed by atoms with van der Waals surface area (Å²) in [6.07, 6.45) is 0.194. The molecule has 0 saturated carbocycles. The van der Waals surface area contributed by atoms with Crippen molar-refractivity contribution in [1.82, 2.24) is 5.32 Å². The molecule has 0 heterocycles. The molecule has 0 radical (unpaired) electrons. The van der Waals surface area contributed by atoms with E-state index in [0.717, 1.165) is 29.4 Å². The normalized spacial score (nSPS) is 10.7. The average Bonchev–Trinajstić information content (AvgIpc) is 2.55. The van der Waals surface area contributed by atoms with Crippen LogP contribution >= 0.6 is 0 Å². The van der Waals surface area contributed by atoms with Gasteiger partial charge >= 0.3 is 0 Å². The van der Waals surface area contributed by atoms with Crippen LogP contribution in [0.25, 0.3) is 0 Å². The van der Waals surface area contributed by atoms with E-state index in [-0.39, 0.29) is 6.10 Å². The SMILES string of the molecule is COc1cccc(CNCc2ccc(OC(C)C)cc2)c1OC. The Balaban J connectivity index is 1.92. The maximum Gasteiger partial charge on any atom is 0.165 e. The Morgan fingerprint density at radius 2 is 1.65 bits per heavy atom. The van der Waals surface area contributed by atoms with Gasteiger partial charge in [-0.2, -0.15) is 0 Å². The fourth-order valence-electron chi connectivity index (χ4n) is 2.39. The Kier molecular flexibility index (Phi) is 6.29. The van der Waals surface area contributed by atoms with Crippen LogP contribution < -0.4 is 19.5 Å². The fraction of sp³-hybridized carbons (Fsp3) is 0.368. The van der Waals surface area contributed by atoms with Gasteiger partial charge in [0.15, 0.2) is 11.5 Å². The second-order valence-electron chi connectivity index (χ2n) is 5.57.